The number of hydrogen-bond donors (Lipinski definition) is 1. The van der Waals surface area contributed by atoms with Crippen molar-refractivity contribution in [1.82, 2.24) is 4.98 Å². The van der Waals surface area contributed by atoms with E-state index in [1.54, 1.807) is 6.92 Å². The highest BCUT2D eigenvalue weighted by Crippen LogP contribution is 2.26. The summed E-state index contributed by atoms with van der Waals surface area (Å²) in [5, 5.41) is 5.27. The summed E-state index contributed by atoms with van der Waals surface area (Å²) in [4.78, 5) is 16.8. The molecule has 0 bridgehead atoms. The van der Waals surface area contributed by atoms with Crippen molar-refractivity contribution in [2.24, 2.45) is 0 Å². The first-order valence-corrected chi connectivity index (χ1v) is 9.75. The smallest absolute Gasteiger partial charge is 0.266 e. The van der Waals surface area contributed by atoms with Gasteiger partial charge in [0, 0.05) is 10.9 Å². The second kappa shape index (κ2) is 9.19. The van der Waals surface area contributed by atoms with Gasteiger partial charge in [-0.3, -0.25) is 10.1 Å². The molecule has 3 aromatic rings. The number of amides is 1. The Bertz CT molecular complexity index is 863. The number of nitrogens with one attached hydrogen (secondary N) is 1. The van der Waals surface area contributed by atoms with Crippen LogP contribution in [0.4, 0.5) is 5.13 Å². The topological polar surface area (TPSA) is 60.5 Å². The van der Waals surface area contributed by atoms with Gasteiger partial charge < -0.3 is 9.47 Å². The van der Waals surface area contributed by atoms with Crippen molar-refractivity contribution < 1.29 is 14.3 Å². The zero-order chi connectivity index (χ0) is 19.1. The number of benzene rings is 2. The number of nitrogens with zero attached hydrogens (tertiary/aromatic N) is 1. The maximum atomic E-state index is 12.3. The third kappa shape index (κ3) is 5.31. The van der Waals surface area contributed by atoms with Gasteiger partial charge >= 0.3 is 0 Å². The van der Waals surface area contributed by atoms with Gasteiger partial charge in [-0.05, 0) is 49.7 Å². The van der Waals surface area contributed by atoms with E-state index in [4.69, 9.17) is 9.47 Å². The minimum atomic E-state index is -0.616. The molecule has 2 aromatic carbocycles. The van der Waals surface area contributed by atoms with Crippen LogP contribution in [-0.4, -0.2) is 23.6 Å². The van der Waals surface area contributed by atoms with E-state index in [1.807, 2.05) is 60.0 Å². The number of carbonyl (C=O) groups is 1. The molecule has 0 aliphatic carbocycles. The summed E-state index contributed by atoms with van der Waals surface area (Å²) in [5.74, 6) is 1.27. The zero-order valence-corrected chi connectivity index (χ0v) is 16.2. The Morgan fingerprint density at radius 1 is 1.11 bits per heavy atom. The van der Waals surface area contributed by atoms with E-state index in [-0.39, 0.29) is 5.91 Å². The lowest BCUT2D eigenvalue weighted by Crippen LogP contribution is -2.30. The largest absolute Gasteiger partial charge is 0.494 e. The first kappa shape index (κ1) is 18.9. The van der Waals surface area contributed by atoms with Crippen LogP contribution < -0.4 is 14.8 Å². The summed E-state index contributed by atoms with van der Waals surface area (Å²) in [7, 11) is 0. The molecule has 0 saturated heterocycles. The van der Waals surface area contributed by atoms with Crippen LogP contribution in [0.15, 0.2) is 60.0 Å². The van der Waals surface area contributed by atoms with Gasteiger partial charge in [-0.1, -0.05) is 25.1 Å². The molecule has 5 nitrogen and oxygen atoms in total. The van der Waals surface area contributed by atoms with Crippen molar-refractivity contribution >= 4 is 22.4 Å². The van der Waals surface area contributed by atoms with Crippen molar-refractivity contribution in [3.63, 3.8) is 0 Å². The van der Waals surface area contributed by atoms with E-state index >= 15 is 0 Å². The summed E-state index contributed by atoms with van der Waals surface area (Å²) in [6.45, 7) is 4.49. The third-order valence-electron chi connectivity index (χ3n) is 3.78. The molecule has 1 heterocycles. The van der Waals surface area contributed by atoms with Crippen molar-refractivity contribution in [2.75, 3.05) is 11.9 Å². The van der Waals surface area contributed by atoms with Crippen LogP contribution in [0, 0.1) is 0 Å². The van der Waals surface area contributed by atoms with Gasteiger partial charge in [-0.2, -0.15) is 0 Å². The lowest BCUT2D eigenvalue weighted by Gasteiger charge is -2.13. The van der Waals surface area contributed by atoms with Crippen LogP contribution >= 0.6 is 11.3 Å². The Hall–Kier alpha value is -2.86. The molecule has 1 atom stereocenters. The van der Waals surface area contributed by atoms with Crippen molar-refractivity contribution in [3.8, 4) is 22.8 Å². The normalized spacial score (nSPS) is 11.6. The van der Waals surface area contributed by atoms with Gasteiger partial charge in [0.2, 0.25) is 0 Å². The lowest BCUT2D eigenvalue weighted by atomic mass is 10.2. The van der Waals surface area contributed by atoms with Gasteiger partial charge in [0.25, 0.3) is 5.91 Å². The Labute approximate surface area is 163 Å². The maximum Gasteiger partial charge on any atom is 0.266 e. The second-order valence-corrected chi connectivity index (χ2v) is 6.83. The number of para-hydroxylation sites is 1. The van der Waals surface area contributed by atoms with Gasteiger partial charge in [0.1, 0.15) is 11.5 Å². The van der Waals surface area contributed by atoms with Crippen LogP contribution in [-0.2, 0) is 4.79 Å². The molecule has 3 rings (SSSR count). The fraction of sp³-hybridized carbons (Fsp3) is 0.238. The van der Waals surface area contributed by atoms with Crippen molar-refractivity contribution in [2.45, 2.75) is 26.4 Å². The predicted molar refractivity (Wildman–Crippen MR) is 108 cm³/mol. The van der Waals surface area contributed by atoms with Crippen LogP contribution in [0.3, 0.4) is 0 Å². The summed E-state index contributed by atoms with van der Waals surface area (Å²) in [6, 6.07) is 17.1. The molecule has 6 heteroatoms. The number of aromatic nitrogens is 1. The average molecular weight is 382 g/mol. The number of rotatable bonds is 8. The Balaban J connectivity index is 1.59. The highest BCUT2D eigenvalue weighted by Gasteiger charge is 2.16. The van der Waals surface area contributed by atoms with Crippen LogP contribution in [0.1, 0.15) is 20.3 Å². The van der Waals surface area contributed by atoms with E-state index in [2.05, 4.69) is 17.2 Å². The first-order valence-electron chi connectivity index (χ1n) is 8.87. The molecule has 0 spiro atoms. The van der Waals surface area contributed by atoms with E-state index in [9.17, 15) is 4.79 Å². The van der Waals surface area contributed by atoms with Gasteiger partial charge in [-0.25, -0.2) is 4.98 Å². The van der Waals surface area contributed by atoms with Crippen LogP contribution in [0.2, 0.25) is 0 Å². The predicted octanol–water partition coefficient (Wildman–Crippen LogP) is 5.00. The Kier molecular flexibility index (Phi) is 6.44. The molecule has 1 amide bonds. The monoisotopic (exact) mass is 382 g/mol. The molecule has 0 saturated carbocycles. The van der Waals surface area contributed by atoms with Crippen LogP contribution in [0.25, 0.3) is 11.3 Å². The number of carbonyl (C=O) groups excluding carboxylic acids is 1. The summed E-state index contributed by atoms with van der Waals surface area (Å²) >= 11 is 1.38. The summed E-state index contributed by atoms with van der Waals surface area (Å²) in [6.07, 6.45) is 0.360. The molecular formula is C21H22N2O3S. The molecular weight excluding hydrogens is 360 g/mol. The molecule has 0 unspecified atom stereocenters. The Morgan fingerprint density at radius 2 is 1.85 bits per heavy atom. The summed E-state index contributed by atoms with van der Waals surface area (Å²) < 4.78 is 11.2. The van der Waals surface area contributed by atoms with E-state index < -0.39 is 6.10 Å². The second-order valence-electron chi connectivity index (χ2n) is 5.97. The molecule has 27 heavy (non-hydrogen) atoms. The van der Waals surface area contributed by atoms with E-state index in [0.717, 1.165) is 23.4 Å². The third-order valence-corrected chi connectivity index (χ3v) is 4.54. The van der Waals surface area contributed by atoms with Crippen LogP contribution in [0.5, 0.6) is 11.5 Å². The number of thiazole rings is 1. The van der Waals surface area contributed by atoms with Gasteiger partial charge in [0.05, 0.1) is 12.3 Å². The standard InChI is InChI=1S/C21H22N2O3S/c1-3-13-25-17-11-9-16(10-12-17)19-14-27-21(22-19)23-20(24)15(2)26-18-7-5-4-6-8-18/h4-12,14-15H,3,13H2,1-2H3,(H,22,23,24)/t15-/m1/s1. The molecule has 0 aliphatic heterocycles. The highest BCUT2D eigenvalue weighted by atomic mass is 32.1. The zero-order valence-electron chi connectivity index (χ0n) is 15.3. The minimum absolute atomic E-state index is 0.233. The summed E-state index contributed by atoms with van der Waals surface area (Å²) in [5.41, 5.74) is 1.79. The van der Waals surface area contributed by atoms with E-state index in [1.165, 1.54) is 11.3 Å². The quantitative estimate of drug-likeness (QED) is 0.595. The minimum Gasteiger partial charge on any atom is -0.494 e. The van der Waals surface area contributed by atoms with Gasteiger partial charge in [-0.15, -0.1) is 11.3 Å². The molecule has 0 fully saturated rings. The SMILES string of the molecule is CCCOc1ccc(-c2csc(NC(=O)[C@@H](C)Oc3ccccc3)n2)cc1. The first-order chi connectivity index (χ1) is 13.2. The highest BCUT2D eigenvalue weighted by molar-refractivity contribution is 7.14. The van der Waals surface area contributed by atoms with Crippen molar-refractivity contribution in [1.29, 1.82) is 0 Å². The maximum absolute atomic E-state index is 12.3. The van der Waals surface area contributed by atoms with Crippen molar-refractivity contribution in [3.05, 3.63) is 60.0 Å². The number of anilines is 1. The number of ether oxygens (including phenoxy) is 2. The number of hydrogen-bond acceptors (Lipinski definition) is 5. The molecule has 0 radical (unpaired) electrons. The molecule has 1 N–H and O–H groups in total. The van der Waals surface area contributed by atoms with E-state index in [0.29, 0.717) is 17.5 Å². The lowest BCUT2D eigenvalue weighted by molar-refractivity contribution is -0.122. The fourth-order valence-electron chi connectivity index (χ4n) is 2.37. The van der Waals surface area contributed by atoms with Gasteiger partial charge in [0.15, 0.2) is 11.2 Å². The Morgan fingerprint density at radius 3 is 2.56 bits per heavy atom. The average Bonchev–Trinajstić information content (AvgIpc) is 3.16. The molecule has 0 aliphatic rings. The fourth-order valence-corrected chi connectivity index (χ4v) is 3.09. The molecule has 1 aromatic heterocycles. The molecule has 140 valence electrons.